The average Bonchev–Trinajstić information content (AvgIpc) is 2.58. The van der Waals surface area contributed by atoms with Crippen LogP contribution in [-0.2, 0) is 11.4 Å². The lowest BCUT2D eigenvalue weighted by molar-refractivity contribution is -0.384. The molecular weight excluding hydrogens is 336 g/mol. The van der Waals surface area contributed by atoms with Gasteiger partial charge in [0.15, 0.2) is 11.5 Å². The van der Waals surface area contributed by atoms with Gasteiger partial charge in [0.2, 0.25) is 0 Å². The molecule has 2 rings (SSSR count). The van der Waals surface area contributed by atoms with Crippen molar-refractivity contribution in [2.24, 2.45) is 5.16 Å². The predicted molar refractivity (Wildman–Crippen MR) is 90.0 cm³/mol. The molecule has 0 atom stereocenters. The maximum absolute atomic E-state index is 10.7. The summed E-state index contributed by atoms with van der Waals surface area (Å²) in [7, 11) is 3.01. The number of rotatable bonds is 7. The maximum Gasteiger partial charge on any atom is 0.269 e. The largest absolute Gasteiger partial charge is 0.493 e. The van der Waals surface area contributed by atoms with Crippen molar-refractivity contribution in [1.29, 1.82) is 0 Å². The SMILES string of the molecule is COc1cc(/C=N\OCc2cccc([N+](=O)[O-])c2)cc(Cl)c1OC. The molecule has 7 nitrogen and oxygen atoms in total. The molecule has 0 aliphatic heterocycles. The highest BCUT2D eigenvalue weighted by Gasteiger charge is 2.10. The van der Waals surface area contributed by atoms with Crippen LogP contribution in [0.15, 0.2) is 41.6 Å². The molecule has 0 N–H and O–H groups in total. The van der Waals surface area contributed by atoms with Crippen molar-refractivity contribution >= 4 is 23.5 Å². The average molecular weight is 351 g/mol. The van der Waals surface area contributed by atoms with Gasteiger partial charge in [0, 0.05) is 17.7 Å². The number of benzene rings is 2. The standard InChI is InChI=1S/C16H15ClN2O5/c1-22-15-8-12(7-14(17)16(15)23-2)9-18-24-10-11-4-3-5-13(6-11)19(20)21/h3-9H,10H2,1-2H3/b18-9-. The fourth-order valence-electron chi connectivity index (χ4n) is 1.98. The number of methoxy groups -OCH3 is 2. The number of halogens is 1. The summed E-state index contributed by atoms with van der Waals surface area (Å²) >= 11 is 6.10. The van der Waals surface area contributed by atoms with Gasteiger partial charge in [-0.25, -0.2) is 0 Å². The Balaban J connectivity index is 2.03. The van der Waals surface area contributed by atoms with Gasteiger partial charge >= 0.3 is 0 Å². The molecule has 0 aliphatic carbocycles. The molecule has 8 heteroatoms. The fourth-order valence-corrected chi connectivity index (χ4v) is 2.28. The van der Waals surface area contributed by atoms with Crippen molar-refractivity contribution in [2.75, 3.05) is 14.2 Å². The smallest absolute Gasteiger partial charge is 0.269 e. The lowest BCUT2D eigenvalue weighted by Crippen LogP contribution is -1.94. The zero-order valence-electron chi connectivity index (χ0n) is 13.1. The van der Waals surface area contributed by atoms with Crippen LogP contribution in [0.3, 0.4) is 0 Å². The Hall–Kier alpha value is -2.80. The van der Waals surface area contributed by atoms with Crippen molar-refractivity contribution in [3.63, 3.8) is 0 Å². The first-order chi connectivity index (χ1) is 11.5. The minimum absolute atomic E-state index is 0.00625. The second kappa shape index (κ2) is 8.16. The third kappa shape index (κ3) is 4.36. The highest BCUT2D eigenvalue weighted by Crippen LogP contribution is 2.35. The second-order valence-corrected chi connectivity index (χ2v) is 5.08. The van der Waals surface area contributed by atoms with E-state index in [-0.39, 0.29) is 12.3 Å². The summed E-state index contributed by atoms with van der Waals surface area (Å²) in [5.41, 5.74) is 1.31. The van der Waals surface area contributed by atoms with Crippen LogP contribution in [0, 0.1) is 10.1 Å². The van der Waals surface area contributed by atoms with E-state index in [1.165, 1.54) is 32.6 Å². The van der Waals surface area contributed by atoms with E-state index in [1.807, 2.05) is 0 Å². The molecule has 0 bridgehead atoms. The lowest BCUT2D eigenvalue weighted by Gasteiger charge is -2.09. The van der Waals surface area contributed by atoms with Crippen molar-refractivity contribution in [3.05, 3.63) is 62.7 Å². The Bertz CT molecular complexity index is 764. The van der Waals surface area contributed by atoms with E-state index in [0.29, 0.717) is 27.6 Å². The van der Waals surface area contributed by atoms with Crippen LogP contribution in [0.2, 0.25) is 5.02 Å². The molecule has 0 unspecified atom stereocenters. The second-order valence-electron chi connectivity index (χ2n) is 4.67. The van der Waals surface area contributed by atoms with Gasteiger partial charge in [-0.1, -0.05) is 28.9 Å². The van der Waals surface area contributed by atoms with E-state index < -0.39 is 4.92 Å². The van der Waals surface area contributed by atoms with Gasteiger partial charge in [0.1, 0.15) is 6.61 Å². The van der Waals surface area contributed by atoms with E-state index in [2.05, 4.69) is 5.16 Å². The first kappa shape index (κ1) is 17.6. The van der Waals surface area contributed by atoms with Crippen LogP contribution in [0.4, 0.5) is 5.69 Å². The summed E-state index contributed by atoms with van der Waals surface area (Å²) in [6.07, 6.45) is 1.46. The monoisotopic (exact) mass is 350 g/mol. The minimum Gasteiger partial charge on any atom is -0.493 e. The normalized spacial score (nSPS) is 10.6. The van der Waals surface area contributed by atoms with Crippen molar-refractivity contribution < 1.29 is 19.2 Å². The van der Waals surface area contributed by atoms with E-state index in [1.54, 1.807) is 24.3 Å². The summed E-state index contributed by atoms with van der Waals surface area (Å²) in [5.74, 6) is 0.916. The molecule has 0 aliphatic rings. The van der Waals surface area contributed by atoms with Crippen molar-refractivity contribution in [1.82, 2.24) is 0 Å². The van der Waals surface area contributed by atoms with Crippen LogP contribution < -0.4 is 9.47 Å². The van der Waals surface area contributed by atoms with E-state index in [0.717, 1.165) is 0 Å². The number of oxime groups is 1. The van der Waals surface area contributed by atoms with Crippen molar-refractivity contribution in [2.45, 2.75) is 6.61 Å². The Kier molecular flexibility index (Phi) is 5.97. The molecule has 0 spiro atoms. The third-order valence-electron chi connectivity index (χ3n) is 3.08. The first-order valence-corrected chi connectivity index (χ1v) is 7.23. The first-order valence-electron chi connectivity index (χ1n) is 6.85. The third-order valence-corrected chi connectivity index (χ3v) is 3.37. The lowest BCUT2D eigenvalue weighted by atomic mass is 10.2. The highest BCUT2D eigenvalue weighted by atomic mass is 35.5. The summed E-state index contributed by atoms with van der Waals surface area (Å²) in [6, 6.07) is 9.51. The van der Waals surface area contributed by atoms with Crippen LogP contribution in [0.5, 0.6) is 11.5 Å². The van der Waals surface area contributed by atoms with E-state index in [9.17, 15) is 10.1 Å². The molecule has 0 radical (unpaired) electrons. The molecule has 0 fully saturated rings. The number of hydrogen-bond donors (Lipinski definition) is 0. The highest BCUT2D eigenvalue weighted by molar-refractivity contribution is 6.32. The van der Waals surface area contributed by atoms with E-state index >= 15 is 0 Å². The summed E-state index contributed by atoms with van der Waals surface area (Å²) in [4.78, 5) is 15.4. The number of nitro benzene ring substituents is 1. The summed E-state index contributed by atoms with van der Waals surface area (Å²) in [5, 5.41) is 14.9. The number of ether oxygens (including phenoxy) is 2. The van der Waals surface area contributed by atoms with Gasteiger partial charge in [0.25, 0.3) is 5.69 Å². The maximum atomic E-state index is 10.7. The van der Waals surface area contributed by atoms with Crippen molar-refractivity contribution in [3.8, 4) is 11.5 Å². The van der Waals surface area contributed by atoms with Gasteiger partial charge in [-0.2, -0.15) is 0 Å². The van der Waals surface area contributed by atoms with Gasteiger partial charge in [0.05, 0.1) is 30.4 Å². The topological polar surface area (TPSA) is 83.2 Å². The Labute approximate surface area is 143 Å². The predicted octanol–water partition coefficient (Wildman–Crippen LogP) is 3.82. The molecule has 0 saturated heterocycles. The van der Waals surface area contributed by atoms with Gasteiger partial charge in [-0.3, -0.25) is 10.1 Å². The Morgan fingerprint density at radius 2 is 2.04 bits per heavy atom. The number of non-ortho nitro benzene ring substituents is 1. The fraction of sp³-hybridized carbons (Fsp3) is 0.188. The van der Waals surface area contributed by atoms with Gasteiger partial charge < -0.3 is 14.3 Å². The quantitative estimate of drug-likeness (QED) is 0.430. The summed E-state index contributed by atoms with van der Waals surface area (Å²) in [6.45, 7) is 0.110. The minimum atomic E-state index is -0.460. The molecule has 126 valence electrons. The Morgan fingerprint density at radius 1 is 1.25 bits per heavy atom. The molecule has 2 aromatic rings. The number of nitrogens with zero attached hydrogens (tertiary/aromatic N) is 2. The van der Waals surface area contributed by atoms with Crippen LogP contribution in [0.1, 0.15) is 11.1 Å². The molecule has 0 amide bonds. The Morgan fingerprint density at radius 3 is 2.71 bits per heavy atom. The van der Waals surface area contributed by atoms with Gasteiger partial charge in [-0.05, 0) is 17.7 Å². The molecule has 0 aromatic heterocycles. The molecule has 0 heterocycles. The van der Waals surface area contributed by atoms with Crippen LogP contribution in [-0.4, -0.2) is 25.4 Å². The molecule has 2 aromatic carbocycles. The zero-order valence-corrected chi connectivity index (χ0v) is 13.8. The van der Waals surface area contributed by atoms with Crippen LogP contribution >= 0.6 is 11.6 Å². The molecular formula is C16H15ClN2O5. The summed E-state index contributed by atoms with van der Waals surface area (Å²) < 4.78 is 10.3. The van der Waals surface area contributed by atoms with Crippen LogP contribution in [0.25, 0.3) is 0 Å². The number of hydrogen-bond acceptors (Lipinski definition) is 6. The van der Waals surface area contributed by atoms with E-state index in [4.69, 9.17) is 25.9 Å². The molecule has 24 heavy (non-hydrogen) atoms. The molecule has 0 saturated carbocycles. The van der Waals surface area contributed by atoms with Gasteiger partial charge in [-0.15, -0.1) is 0 Å². The zero-order chi connectivity index (χ0) is 17.5. The number of nitro groups is 1.